The maximum absolute atomic E-state index is 13.9. The third-order valence-electron chi connectivity index (χ3n) is 9.09. The van der Waals surface area contributed by atoms with E-state index in [1.165, 1.54) is 6.08 Å². The monoisotopic (exact) mass is 516 g/mol. The number of carbonyl (C=O) groups is 5. The second kappa shape index (κ2) is 10.1. The van der Waals surface area contributed by atoms with Gasteiger partial charge in [0.1, 0.15) is 5.78 Å². The molecular formula is C28H36O9. The largest absolute Gasteiger partial charge is 0.509 e. The van der Waals surface area contributed by atoms with Crippen LogP contribution in [0.1, 0.15) is 66.2 Å². The molecule has 0 heterocycles. The predicted octanol–water partition coefficient (Wildman–Crippen LogP) is 4.52. The minimum atomic E-state index is -1.68. The van der Waals surface area contributed by atoms with Crippen LogP contribution in [0.5, 0.6) is 0 Å². The van der Waals surface area contributed by atoms with Gasteiger partial charge in [-0.1, -0.05) is 32.4 Å². The van der Waals surface area contributed by atoms with Gasteiger partial charge in [-0.2, -0.15) is 0 Å². The lowest BCUT2D eigenvalue weighted by Gasteiger charge is -2.57. The first-order valence-electron chi connectivity index (χ1n) is 13.2. The van der Waals surface area contributed by atoms with Crippen molar-refractivity contribution in [1.29, 1.82) is 0 Å². The summed E-state index contributed by atoms with van der Waals surface area (Å²) < 4.78 is 20.8. The van der Waals surface area contributed by atoms with E-state index in [1.54, 1.807) is 13.0 Å². The first kappa shape index (κ1) is 27.1. The Labute approximate surface area is 216 Å². The Hall–Kier alpha value is -2.97. The highest BCUT2D eigenvalue weighted by atomic mass is 16.7. The van der Waals surface area contributed by atoms with Gasteiger partial charge in [0, 0.05) is 23.2 Å². The van der Waals surface area contributed by atoms with Gasteiger partial charge < -0.3 is 18.9 Å². The van der Waals surface area contributed by atoms with Gasteiger partial charge in [0.15, 0.2) is 18.0 Å². The highest BCUT2D eigenvalue weighted by Gasteiger charge is 2.70. The predicted molar refractivity (Wildman–Crippen MR) is 130 cm³/mol. The molecule has 6 atom stereocenters. The van der Waals surface area contributed by atoms with Crippen molar-refractivity contribution < 1.29 is 42.9 Å². The molecule has 37 heavy (non-hydrogen) atoms. The summed E-state index contributed by atoms with van der Waals surface area (Å²) in [6.45, 7) is 6.89. The fraction of sp³-hybridized carbons (Fsp3) is 0.679. The topological polar surface area (TPSA) is 122 Å². The average Bonchev–Trinajstić information content (AvgIpc) is 3.13. The van der Waals surface area contributed by atoms with E-state index in [4.69, 9.17) is 18.9 Å². The molecule has 0 aliphatic heterocycles. The molecule has 9 nitrogen and oxygen atoms in total. The van der Waals surface area contributed by atoms with E-state index in [0.717, 1.165) is 5.57 Å². The summed E-state index contributed by atoms with van der Waals surface area (Å²) in [5, 5.41) is 0. The molecule has 4 rings (SSSR count). The van der Waals surface area contributed by atoms with Crippen molar-refractivity contribution in [3.05, 3.63) is 23.8 Å². The van der Waals surface area contributed by atoms with Crippen LogP contribution >= 0.6 is 0 Å². The van der Waals surface area contributed by atoms with Crippen LogP contribution in [0.15, 0.2) is 23.8 Å². The summed E-state index contributed by atoms with van der Waals surface area (Å²) in [5.41, 5.74) is -2.26. The molecule has 202 valence electrons. The highest BCUT2D eigenvalue weighted by molar-refractivity contribution is 6.02. The van der Waals surface area contributed by atoms with Crippen LogP contribution in [0.2, 0.25) is 0 Å². The van der Waals surface area contributed by atoms with E-state index in [9.17, 15) is 24.0 Å². The van der Waals surface area contributed by atoms with Crippen LogP contribution in [0, 0.1) is 28.6 Å². The number of rotatable bonds is 7. The zero-order chi connectivity index (χ0) is 27.0. The molecule has 0 radical (unpaired) electrons. The van der Waals surface area contributed by atoms with Gasteiger partial charge >= 0.3 is 12.3 Å². The quantitative estimate of drug-likeness (QED) is 0.450. The van der Waals surface area contributed by atoms with Crippen molar-refractivity contribution in [2.24, 2.45) is 28.6 Å². The van der Waals surface area contributed by atoms with Gasteiger partial charge in [0.05, 0.1) is 13.2 Å². The van der Waals surface area contributed by atoms with Crippen molar-refractivity contribution in [2.75, 3.05) is 19.8 Å². The van der Waals surface area contributed by atoms with E-state index in [2.05, 4.69) is 0 Å². The fourth-order valence-corrected chi connectivity index (χ4v) is 7.46. The minimum Gasteiger partial charge on any atom is -0.435 e. The molecule has 0 unspecified atom stereocenters. The lowest BCUT2D eigenvalue weighted by molar-refractivity contribution is -0.173. The van der Waals surface area contributed by atoms with Crippen LogP contribution in [0.4, 0.5) is 9.59 Å². The van der Waals surface area contributed by atoms with Crippen molar-refractivity contribution in [1.82, 2.24) is 0 Å². The van der Waals surface area contributed by atoms with E-state index in [1.807, 2.05) is 26.8 Å². The van der Waals surface area contributed by atoms with Crippen LogP contribution in [0.25, 0.3) is 0 Å². The van der Waals surface area contributed by atoms with Crippen LogP contribution in [0.3, 0.4) is 0 Å². The summed E-state index contributed by atoms with van der Waals surface area (Å²) >= 11 is 0. The fourth-order valence-electron chi connectivity index (χ4n) is 7.46. The highest BCUT2D eigenvalue weighted by Crippen LogP contribution is 2.67. The summed E-state index contributed by atoms with van der Waals surface area (Å²) in [6, 6.07) is 0. The van der Waals surface area contributed by atoms with Gasteiger partial charge in [-0.3, -0.25) is 14.4 Å². The molecule has 0 N–H and O–H groups in total. The zero-order valence-electron chi connectivity index (χ0n) is 22.0. The number of Topliss-reactive ketones (excluding diaryl/α,β-unsaturated/α-hetero) is 2. The number of ketones is 3. The number of hydrogen-bond donors (Lipinski definition) is 0. The van der Waals surface area contributed by atoms with Crippen LogP contribution in [-0.4, -0.2) is 55.1 Å². The standard InChI is InChI=1S/C28H36O9/c1-5-13-35-25(33)37-28(22(31)16-36-24(32)34-6-2)12-10-20-19-8-7-17-14-18(29)9-11-26(17,3)23(19)21(30)15-27(20,28)4/h9,11,14,19-20,23H,5-8,10,12-13,15-16H2,1-4H3/t19-,20-,23+,26-,27-,28-/m0/s1. The third kappa shape index (κ3) is 4.40. The smallest absolute Gasteiger partial charge is 0.435 e. The molecule has 4 aliphatic carbocycles. The Morgan fingerprint density at radius 2 is 1.78 bits per heavy atom. The van der Waals surface area contributed by atoms with E-state index >= 15 is 0 Å². The average molecular weight is 517 g/mol. The van der Waals surface area contributed by atoms with E-state index < -0.39 is 41.1 Å². The second-order valence-corrected chi connectivity index (χ2v) is 11.0. The molecule has 0 amide bonds. The molecule has 3 saturated carbocycles. The summed E-state index contributed by atoms with van der Waals surface area (Å²) in [7, 11) is 0. The molecule has 0 aromatic heterocycles. The zero-order valence-corrected chi connectivity index (χ0v) is 22.0. The van der Waals surface area contributed by atoms with Gasteiger partial charge in [-0.15, -0.1) is 0 Å². The SMILES string of the molecule is CCCOC(=O)O[C@]1(C(=O)COC(=O)OCC)CC[C@H]2[C@@H]3CCC4=CC(=O)C=C[C@]4(C)[C@H]3C(=O)C[C@@]21C. The van der Waals surface area contributed by atoms with Gasteiger partial charge in [-0.05, 0) is 63.0 Å². The second-order valence-electron chi connectivity index (χ2n) is 11.0. The first-order chi connectivity index (χ1) is 17.5. The number of carbonyl (C=O) groups excluding carboxylic acids is 5. The Bertz CT molecular complexity index is 1060. The maximum Gasteiger partial charge on any atom is 0.509 e. The molecule has 0 bridgehead atoms. The molecule has 0 saturated heterocycles. The van der Waals surface area contributed by atoms with Crippen molar-refractivity contribution in [3.8, 4) is 0 Å². The molecule has 0 spiro atoms. The Balaban J connectivity index is 1.68. The number of allylic oxidation sites excluding steroid dienone is 4. The molecule has 9 heteroatoms. The summed E-state index contributed by atoms with van der Waals surface area (Å²) in [4.78, 5) is 64.1. The lowest BCUT2D eigenvalue weighted by atomic mass is 9.46. The van der Waals surface area contributed by atoms with Crippen LogP contribution < -0.4 is 0 Å². The number of hydrogen-bond acceptors (Lipinski definition) is 9. The molecule has 0 aromatic carbocycles. The Kier molecular flexibility index (Phi) is 7.36. The third-order valence-corrected chi connectivity index (χ3v) is 9.09. The van der Waals surface area contributed by atoms with Crippen LogP contribution in [-0.2, 0) is 33.3 Å². The summed E-state index contributed by atoms with van der Waals surface area (Å²) in [5.74, 6) is -1.15. The number of ether oxygens (including phenoxy) is 4. The lowest BCUT2D eigenvalue weighted by Crippen LogP contribution is -2.62. The maximum atomic E-state index is 13.9. The van der Waals surface area contributed by atoms with E-state index in [-0.39, 0.29) is 55.4 Å². The number of fused-ring (bicyclic) bond motifs is 5. The minimum absolute atomic E-state index is 0.0215. The Morgan fingerprint density at radius 3 is 2.49 bits per heavy atom. The Morgan fingerprint density at radius 1 is 1.03 bits per heavy atom. The molecule has 3 fully saturated rings. The normalized spacial score (nSPS) is 36.0. The van der Waals surface area contributed by atoms with Crippen molar-refractivity contribution >= 4 is 29.7 Å². The van der Waals surface area contributed by atoms with Gasteiger partial charge in [0.2, 0.25) is 5.78 Å². The molecule has 4 aliphatic rings. The van der Waals surface area contributed by atoms with Crippen molar-refractivity contribution in [2.45, 2.75) is 71.8 Å². The first-order valence-corrected chi connectivity index (χ1v) is 13.2. The summed E-state index contributed by atoms with van der Waals surface area (Å²) in [6.07, 6.45) is 5.83. The van der Waals surface area contributed by atoms with Gasteiger partial charge in [0.25, 0.3) is 0 Å². The molecular weight excluding hydrogens is 480 g/mol. The van der Waals surface area contributed by atoms with Gasteiger partial charge in [-0.25, -0.2) is 9.59 Å². The molecule has 0 aromatic rings. The van der Waals surface area contributed by atoms with Crippen molar-refractivity contribution in [3.63, 3.8) is 0 Å². The van der Waals surface area contributed by atoms with E-state index in [0.29, 0.717) is 25.7 Å².